The van der Waals surface area contributed by atoms with Crippen LogP contribution in [0.4, 0.5) is 0 Å². The second kappa shape index (κ2) is 7.21. The Morgan fingerprint density at radius 1 is 1.00 bits per heavy atom. The number of rotatable bonds is 7. The molecule has 0 heterocycles. The van der Waals surface area contributed by atoms with Gasteiger partial charge in [0.25, 0.3) is 0 Å². The number of carbonyl (C=O) groups is 1. The molecule has 0 saturated heterocycles. The molecule has 1 unspecified atom stereocenters. The molecule has 0 aliphatic carbocycles. The largest absolute Gasteiger partial charge is 0.481 e. The minimum Gasteiger partial charge on any atom is -0.481 e. The molecule has 0 bridgehead atoms. The third kappa shape index (κ3) is 4.55. The molecule has 2 aromatic carbocycles. The first-order valence-electron chi connectivity index (χ1n) is 6.65. The predicted octanol–water partition coefficient (Wildman–Crippen LogP) is 2.93. The zero-order chi connectivity index (χ0) is 15.1. The second-order valence-corrected chi connectivity index (χ2v) is 7.07. The van der Waals surface area contributed by atoms with E-state index in [2.05, 4.69) is 0 Å². The molecule has 1 atom stereocenters. The van der Waals surface area contributed by atoms with Crippen molar-refractivity contribution in [1.29, 1.82) is 0 Å². The molecule has 0 amide bonds. The van der Waals surface area contributed by atoms with E-state index in [1.807, 2.05) is 30.3 Å². The lowest BCUT2D eigenvalue weighted by Crippen LogP contribution is -2.16. The molecule has 110 valence electrons. The maximum absolute atomic E-state index is 12.8. The molecule has 0 aromatic heterocycles. The fourth-order valence-electron chi connectivity index (χ4n) is 2.00. The monoisotopic (exact) mass is 304 g/mol. The molecule has 2 aromatic rings. The topological polar surface area (TPSA) is 63.6 Å². The van der Waals surface area contributed by atoms with Gasteiger partial charge in [0.05, 0.1) is 6.61 Å². The molecule has 21 heavy (non-hydrogen) atoms. The van der Waals surface area contributed by atoms with E-state index < -0.39 is 19.5 Å². The Morgan fingerprint density at radius 3 is 2.14 bits per heavy atom. The molecule has 0 radical (unpaired) electrons. The van der Waals surface area contributed by atoms with Crippen LogP contribution in [0.15, 0.2) is 60.7 Å². The molecule has 5 heteroatoms. The molecule has 0 aliphatic heterocycles. The van der Waals surface area contributed by atoms with Crippen molar-refractivity contribution < 1.29 is 19.0 Å². The number of carboxylic acids is 1. The Hall–Kier alpha value is -1.90. The van der Waals surface area contributed by atoms with Gasteiger partial charge in [0.2, 0.25) is 7.37 Å². The SMILES string of the molecule is O=C(O)CP(=O)(OCCc1ccccc1)c1ccccc1. The summed E-state index contributed by atoms with van der Waals surface area (Å²) in [5.74, 6) is -1.12. The van der Waals surface area contributed by atoms with Crippen LogP contribution in [0, 0.1) is 0 Å². The zero-order valence-corrected chi connectivity index (χ0v) is 12.4. The van der Waals surface area contributed by atoms with Crippen LogP contribution >= 0.6 is 7.37 Å². The van der Waals surface area contributed by atoms with E-state index in [1.54, 1.807) is 30.3 Å². The van der Waals surface area contributed by atoms with E-state index in [4.69, 9.17) is 9.63 Å². The summed E-state index contributed by atoms with van der Waals surface area (Å²) >= 11 is 0. The lowest BCUT2D eigenvalue weighted by Gasteiger charge is -2.17. The van der Waals surface area contributed by atoms with Crippen molar-refractivity contribution in [1.82, 2.24) is 0 Å². The lowest BCUT2D eigenvalue weighted by molar-refractivity contribution is -0.134. The third-order valence-corrected chi connectivity index (χ3v) is 5.40. The standard InChI is InChI=1S/C16H17O4P/c17-16(18)13-21(19,15-9-5-2-6-10-15)20-12-11-14-7-3-1-4-8-14/h1-10H,11-13H2,(H,17,18). The molecule has 2 rings (SSSR count). The van der Waals surface area contributed by atoms with Crippen LogP contribution in [0.2, 0.25) is 0 Å². The highest BCUT2D eigenvalue weighted by Crippen LogP contribution is 2.45. The van der Waals surface area contributed by atoms with Gasteiger partial charge in [-0.05, 0) is 24.1 Å². The first kappa shape index (κ1) is 15.5. The van der Waals surface area contributed by atoms with Crippen molar-refractivity contribution in [3.63, 3.8) is 0 Å². The number of hydrogen-bond donors (Lipinski definition) is 1. The van der Waals surface area contributed by atoms with Crippen LogP contribution in [0.5, 0.6) is 0 Å². The van der Waals surface area contributed by atoms with Crippen LogP contribution in [0.1, 0.15) is 5.56 Å². The van der Waals surface area contributed by atoms with Crippen LogP contribution in [-0.4, -0.2) is 23.8 Å². The van der Waals surface area contributed by atoms with E-state index in [0.717, 1.165) is 5.56 Å². The minimum absolute atomic E-state index is 0.226. The van der Waals surface area contributed by atoms with E-state index >= 15 is 0 Å². The van der Waals surface area contributed by atoms with Gasteiger partial charge in [-0.1, -0.05) is 48.5 Å². The average molecular weight is 304 g/mol. The summed E-state index contributed by atoms with van der Waals surface area (Å²) < 4.78 is 18.3. The molecule has 0 saturated carbocycles. The maximum atomic E-state index is 12.8. The van der Waals surface area contributed by atoms with Gasteiger partial charge in [0.15, 0.2) is 0 Å². The average Bonchev–Trinajstić information content (AvgIpc) is 2.48. The molecular formula is C16H17O4P. The second-order valence-electron chi connectivity index (χ2n) is 4.63. The van der Waals surface area contributed by atoms with E-state index in [1.165, 1.54) is 0 Å². The highest BCUT2D eigenvalue weighted by molar-refractivity contribution is 7.67. The summed E-state index contributed by atoms with van der Waals surface area (Å²) in [4.78, 5) is 11.0. The van der Waals surface area contributed by atoms with E-state index in [-0.39, 0.29) is 6.61 Å². The van der Waals surface area contributed by atoms with E-state index in [0.29, 0.717) is 11.7 Å². The third-order valence-electron chi connectivity index (χ3n) is 3.03. The fourth-order valence-corrected chi connectivity index (χ4v) is 3.79. The van der Waals surface area contributed by atoms with Crippen LogP contribution in [-0.2, 0) is 20.3 Å². The number of carboxylic acid groups (broad SMARTS) is 1. The maximum Gasteiger partial charge on any atom is 0.313 e. The van der Waals surface area contributed by atoms with Gasteiger partial charge in [-0.15, -0.1) is 0 Å². The molecule has 4 nitrogen and oxygen atoms in total. The predicted molar refractivity (Wildman–Crippen MR) is 82.3 cm³/mol. The van der Waals surface area contributed by atoms with Gasteiger partial charge in [0, 0.05) is 5.30 Å². The Morgan fingerprint density at radius 2 is 1.57 bits per heavy atom. The van der Waals surface area contributed by atoms with Gasteiger partial charge < -0.3 is 9.63 Å². The molecule has 1 N–H and O–H groups in total. The number of aliphatic carboxylic acids is 1. The molecule has 0 fully saturated rings. The Kier molecular flexibility index (Phi) is 5.32. The van der Waals surface area contributed by atoms with Crippen molar-refractivity contribution in [2.75, 3.05) is 12.8 Å². The summed E-state index contributed by atoms with van der Waals surface area (Å²) in [6, 6.07) is 18.2. The Balaban J connectivity index is 2.07. The van der Waals surface area contributed by atoms with Crippen molar-refractivity contribution >= 4 is 18.6 Å². The van der Waals surface area contributed by atoms with Gasteiger partial charge in [-0.25, -0.2) is 0 Å². The van der Waals surface area contributed by atoms with Gasteiger partial charge in [-0.2, -0.15) is 0 Å². The highest BCUT2D eigenvalue weighted by atomic mass is 31.2. The van der Waals surface area contributed by atoms with Gasteiger partial charge >= 0.3 is 5.97 Å². The summed E-state index contributed by atoms with van der Waals surface area (Å²) in [7, 11) is -3.36. The summed E-state index contributed by atoms with van der Waals surface area (Å²) in [6.45, 7) is 0.226. The smallest absolute Gasteiger partial charge is 0.313 e. The van der Waals surface area contributed by atoms with Crippen molar-refractivity contribution in [3.8, 4) is 0 Å². The van der Waals surface area contributed by atoms with Crippen LogP contribution in [0.25, 0.3) is 0 Å². The summed E-state index contributed by atoms with van der Waals surface area (Å²) in [6.07, 6.45) is 0.100. The summed E-state index contributed by atoms with van der Waals surface area (Å²) in [5, 5.41) is 9.42. The molecule has 0 aliphatic rings. The number of hydrogen-bond acceptors (Lipinski definition) is 3. The van der Waals surface area contributed by atoms with Crippen LogP contribution < -0.4 is 5.30 Å². The van der Waals surface area contributed by atoms with Crippen molar-refractivity contribution in [2.45, 2.75) is 6.42 Å². The zero-order valence-electron chi connectivity index (χ0n) is 11.5. The normalized spacial score (nSPS) is 13.5. The van der Waals surface area contributed by atoms with Crippen molar-refractivity contribution in [3.05, 3.63) is 66.2 Å². The van der Waals surface area contributed by atoms with Gasteiger partial charge in [-0.3, -0.25) is 9.36 Å². The highest BCUT2D eigenvalue weighted by Gasteiger charge is 2.29. The Labute approximate surface area is 123 Å². The summed E-state index contributed by atoms with van der Waals surface area (Å²) in [5.41, 5.74) is 1.06. The molecular weight excluding hydrogens is 287 g/mol. The van der Waals surface area contributed by atoms with Crippen LogP contribution in [0.3, 0.4) is 0 Å². The van der Waals surface area contributed by atoms with E-state index in [9.17, 15) is 9.36 Å². The fraction of sp³-hybridized carbons (Fsp3) is 0.188. The first-order valence-corrected chi connectivity index (χ1v) is 8.46. The van der Waals surface area contributed by atoms with Gasteiger partial charge in [0.1, 0.15) is 6.16 Å². The minimum atomic E-state index is -3.36. The lowest BCUT2D eigenvalue weighted by atomic mass is 10.2. The quantitative estimate of drug-likeness (QED) is 0.799. The molecule has 0 spiro atoms. The number of benzene rings is 2. The first-order chi connectivity index (χ1) is 10.1. The van der Waals surface area contributed by atoms with Crippen molar-refractivity contribution in [2.24, 2.45) is 0 Å². The Bertz CT molecular complexity index is 625.